The molecule has 4 aromatic carbocycles. The summed E-state index contributed by atoms with van der Waals surface area (Å²) in [7, 11) is -2.76. The van der Waals surface area contributed by atoms with Crippen molar-refractivity contribution in [2.75, 3.05) is 30.8 Å². The minimum absolute atomic E-state index is 0.0137. The Morgan fingerprint density at radius 1 is 0.891 bits per heavy atom. The molecular weight excluding hydrogens is 665 g/mol. The summed E-state index contributed by atoms with van der Waals surface area (Å²) in [4.78, 5) is 30.2. The number of benzene rings is 4. The fourth-order valence-corrected chi connectivity index (χ4v) is 7.19. The number of sulfonamides is 1. The fraction of sp³-hybridized carbons (Fsp3) is 0.235. The highest BCUT2D eigenvalue weighted by Gasteiger charge is 2.35. The maximum absolute atomic E-state index is 14.5. The summed E-state index contributed by atoms with van der Waals surface area (Å²) in [6.07, 6.45) is 2.06. The van der Waals surface area contributed by atoms with Gasteiger partial charge in [0.05, 0.1) is 17.2 Å². The summed E-state index contributed by atoms with van der Waals surface area (Å²) < 4.78 is 35.0. The second-order valence-electron chi connectivity index (χ2n) is 10.2. The average molecular weight is 701 g/mol. The van der Waals surface area contributed by atoms with Crippen molar-refractivity contribution in [3.63, 3.8) is 0 Å². The van der Waals surface area contributed by atoms with Crippen LogP contribution in [0.4, 0.5) is 5.69 Å². The number of hydrogen-bond donors (Lipinski definition) is 1. The Balaban J connectivity index is 1.81. The van der Waals surface area contributed by atoms with Crippen molar-refractivity contribution in [3.8, 4) is 5.75 Å². The third-order valence-electron chi connectivity index (χ3n) is 7.27. The summed E-state index contributed by atoms with van der Waals surface area (Å²) >= 11 is 14.5. The van der Waals surface area contributed by atoms with Crippen LogP contribution in [-0.4, -0.2) is 57.6 Å². The number of amides is 2. The van der Waals surface area contributed by atoms with E-state index >= 15 is 0 Å². The fourth-order valence-electron chi connectivity index (χ4n) is 4.85. The Labute approximate surface area is 284 Å². The van der Waals surface area contributed by atoms with Gasteiger partial charge in [-0.05, 0) is 79.4 Å². The summed E-state index contributed by atoms with van der Waals surface area (Å²) in [5.41, 5.74) is 1.49. The summed E-state index contributed by atoms with van der Waals surface area (Å²) in [5, 5.41) is 3.28. The number of carbonyl (C=O) groups excluding carboxylic acids is 2. The van der Waals surface area contributed by atoms with Gasteiger partial charge in [-0.3, -0.25) is 13.9 Å². The molecule has 0 heterocycles. The zero-order chi connectivity index (χ0) is 33.3. The predicted molar refractivity (Wildman–Crippen MR) is 185 cm³/mol. The summed E-state index contributed by atoms with van der Waals surface area (Å²) in [6.45, 7) is 1.54. The topological polar surface area (TPSA) is 96.0 Å². The molecule has 1 N–H and O–H groups in total. The van der Waals surface area contributed by atoms with Crippen molar-refractivity contribution in [2.24, 2.45) is 0 Å². The SMILES string of the molecule is CCOc1ccc(N(CC(=O)N(Cc2c(Cl)cccc2Cl)C(Cc2ccccc2)C(=O)NC)S(=O)(=O)c2ccc(SC)cc2)cc1. The molecule has 0 saturated carbocycles. The number of nitrogens with one attached hydrogen (secondary N) is 1. The van der Waals surface area contributed by atoms with Crippen LogP contribution in [0, 0.1) is 0 Å². The van der Waals surface area contributed by atoms with Gasteiger partial charge in [-0.15, -0.1) is 11.8 Å². The van der Waals surface area contributed by atoms with Crippen molar-refractivity contribution in [1.82, 2.24) is 10.2 Å². The van der Waals surface area contributed by atoms with Crippen LogP contribution in [-0.2, 0) is 32.6 Å². The molecule has 0 spiro atoms. The number of hydrogen-bond acceptors (Lipinski definition) is 6. The molecule has 242 valence electrons. The highest BCUT2D eigenvalue weighted by molar-refractivity contribution is 7.98. The lowest BCUT2D eigenvalue weighted by Crippen LogP contribution is -2.53. The third-order valence-corrected chi connectivity index (χ3v) is 10.5. The Hall–Kier alpha value is -3.70. The van der Waals surface area contributed by atoms with E-state index in [0.29, 0.717) is 28.0 Å². The lowest BCUT2D eigenvalue weighted by Gasteiger charge is -2.34. The molecule has 8 nitrogen and oxygen atoms in total. The van der Waals surface area contributed by atoms with Crippen molar-refractivity contribution < 1.29 is 22.7 Å². The number of carbonyl (C=O) groups is 2. The van der Waals surface area contributed by atoms with E-state index in [1.807, 2.05) is 43.5 Å². The number of likely N-dealkylation sites (N-methyl/N-ethyl adjacent to an activating group) is 1. The van der Waals surface area contributed by atoms with E-state index in [4.69, 9.17) is 27.9 Å². The molecule has 0 aliphatic rings. The second-order valence-corrected chi connectivity index (χ2v) is 13.7. The highest BCUT2D eigenvalue weighted by Crippen LogP contribution is 2.30. The number of anilines is 1. The van der Waals surface area contributed by atoms with Crippen LogP contribution in [0.5, 0.6) is 5.75 Å². The predicted octanol–water partition coefficient (Wildman–Crippen LogP) is 6.70. The molecule has 0 radical (unpaired) electrons. The Morgan fingerprint density at radius 2 is 1.52 bits per heavy atom. The van der Waals surface area contributed by atoms with Crippen LogP contribution in [0.15, 0.2) is 107 Å². The zero-order valence-electron chi connectivity index (χ0n) is 25.7. The molecule has 0 bridgehead atoms. The first-order valence-corrected chi connectivity index (χ1v) is 17.9. The normalized spacial score (nSPS) is 11.8. The van der Waals surface area contributed by atoms with Crippen LogP contribution >= 0.6 is 35.0 Å². The number of rotatable bonds is 14. The number of ether oxygens (including phenoxy) is 1. The molecule has 0 aliphatic heterocycles. The van der Waals surface area contributed by atoms with Gasteiger partial charge in [0.25, 0.3) is 10.0 Å². The number of halogens is 2. The summed E-state index contributed by atoms with van der Waals surface area (Å²) in [5.74, 6) is -0.501. The van der Waals surface area contributed by atoms with Gasteiger partial charge in [0.2, 0.25) is 11.8 Å². The van der Waals surface area contributed by atoms with Gasteiger partial charge in [0.1, 0.15) is 18.3 Å². The van der Waals surface area contributed by atoms with Gasteiger partial charge in [-0.25, -0.2) is 8.42 Å². The Morgan fingerprint density at radius 3 is 2.09 bits per heavy atom. The van der Waals surface area contributed by atoms with Crippen molar-refractivity contribution in [1.29, 1.82) is 0 Å². The first kappa shape index (κ1) is 35.2. The molecule has 1 unspecified atom stereocenters. The van der Waals surface area contributed by atoms with Crippen molar-refractivity contribution >= 4 is 62.5 Å². The first-order valence-electron chi connectivity index (χ1n) is 14.5. The third kappa shape index (κ3) is 8.55. The van der Waals surface area contributed by atoms with Gasteiger partial charge in [-0.2, -0.15) is 0 Å². The second kappa shape index (κ2) is 16.2. The van der Waals surface area contributed by atoms with Gasteiger partial charge in [-0.1, -0.05) is 59.6 Å². The Kier molecular flexibility index (Phi) is 12.4. The van der Waals surface area contributed by atoms with E-state index in [-0.39, 0.29) is 23.5 Å². The largest absolute Gasteiger partial charge is 0.494 e. The van der Waals surface area contributed by atoms with E-state index in [0.717, 1.165) is 14.8 Å². The highest BCUT2D eigenvalue weighted by atomic mass is 35.5. The molecule has 46 heavy (non-hydrogen) atoms. The molecule has 4 rings (SSSR count). The van der Waals surface area contributed by atoms with Gasteiger partial charge in [0.15, 0.2) is 0 Å². The number of thioether (sulfide) groups is 1. The van der Waals surface area contributed by atoms with Crippen molar-refractivity contribution in [3.05, 3.63) is 118 Å². The van der Waals surface area contributed by atoms with Gasteiger partial charge >= 0.3 is 0 Å². The molecule has 12 heteroatoms. The first-order chi connectivity index (χ1) is 22.1. The molecule has 0 aliphatic carbocycles. The maximum Gasteiger partial charge on any atom is 0.264 e. The molecule has 1 atom stereocenters. The lowest BCUT2D eigenvalue weighted by atomic mass is 10.0. The van der Waals surface area contributed by atoms with E-state index < -0.39 is 34.4 Å². The number of nitrogens with zero attached hydrogens (tertiary/aromatic N) is 2. The zero-order valence-corrected chi connectivity index (χ0v) is 28.8. The minimum atomic E-state index is -4.25. The maximum atomic E-state index is 14.5. The minimum Gasteiger partial charge on any atom is -0.494 e. The Bertz CT molecular complexity index is 1720. The van der Waals surface area contributed by atoms with E-state index in [2.05, 4.69) is 5.32 Å². The monoisotopic (exact) mass is 699 g/mol. The molecule has 0 aromatic heterocycles. The quantitative estimate of drug-likeness (QED) is 0.147. The lowest BCUT2D eigenvalue weighted by molar-refractivity contribution is -0.139. The molecule has 0 saturated heterocycles. The van der Waals surface area contributed by atoms with E-state index in [1.165, 1.54) is 35.8 Å². The average Bonchev–Trinajstić information content (AvgIpc) is 3.07. The molecular formula is C34H35Cl2N3O5S2. The smallest absolute Gasteiger partial charge is 0.264 e. The van der Waals surface area contributed by atoms with Crippen LogP contribution in [0.2, 0.25) is 10.0 Å². The standard InChI is InChI=1S/C34H35Cl2N3O5S2/c1-4-44-26-15-13-25(14-16-26)39(46(42,43)28-19-17-27(45-3)18-20-28)23-33(40)38(22-29-30(35)11-8-12-31(29)36)32(34(41)37-2)21-24-9-6-5-7-10-24/h5-20,32H,4,21-23H2,1-3H3,(H,37,41). The van der Waals surface area contributed by atoms with Crippen LogP contribution in [0.1, 0.15) is 18.1 Å². The van der Waals surface area contributed by atoms with Gasteiger partial charge in [0, 0.05) is 40.5 Å². The molecule has 4 aromatic rings. The van der Waals surface area contributed by atoms with E-state index in [9.17, 15) is 18.0 Å². The summed E-state index contributed by atoms with van der Waals surface area (Å²) in [6, 6.07) is 26.1. The van der Waals surface area contributed by atoms with E-state index in [1.54, 1.807) is 54.6 Å². The van der Waals surface area contributed by atoms with Gasteiger partial charge < -0.3 is 15.0 Å². The van der Waals surface area contributed by atoms with Crippen LogP contribution in [0.3, 0.4) is 0 Å². The molecule has 2 amide bonds. The van der Waals surface area contributed by atoms with Crippen LogP contribution in [0.25, 0.3) is 0 Å². The molecule has 0 fully saturated rings. The van der Waals surface area contributed by atoms with Crippen molar-refractivity contribution in [2.45, 2.75) is 35.7 Å². The van der Waals surface area contributed by atoms with Crippen LogP contribution < -0.4 is 14.4 Å².